The number of benzene rings is 1. The minimum absolute atomic E-state index is 0.0216. The van der Waals surface area contributed by atoms with Crippen LogP contribution >= 0.6 is 0 Å². The summed E-state index contributed by atoms with van der Waals surface area (Å²) < 4.78 is 38.3. The number of nitrogens with two attached hydrogens (primary N) is 1. The molecular formula is C9H8F3NO. The number of rotatable bonds is 2. The summed E-state index contributed by atoms with van der Waals surface area (Å²) in [6.07, 6.45) is -0.0216. The van der Waals surface area contributed by atoms with Crippen molar-refractivity contribution in [1.29, 1.82) is 0 Å². The Morgan fingerprint density at radius 3 is 2.43 bits per heavy atom. The van der Waals surface area contributed by atoms with Crippen LogP contribution in [0.25, 0.3) is 0 Å². The number of anilines is 1. The van der Waals surface area contributed by atoms with Gasteiger partial charge in [0.15, 0.2) is 23.2 Å². The van der Waals surface area contributed by atoms with Gasteiger partial charge in [-0.3, -0.25) is 4.79 Å². The lowest BCUT2D eigenvalue weighted by Crippen LogP contribution is -2.09. The number of Topliss-reactive ketones (excluding diaryl/α,β-unsaturated/α-hetero) is 1. The molecule has 0 saturated carbocycles. The van der Waals surface area contributed by atoms with E-state index in [4.69, 9.17) is 5.73 Å². The number of nitrogen functional groups attached to an aromatic ring is 1. The maximum absolute atomic E-state index is 13.0. The minimum atomic E-state index is -1.67. The van der Waals surface area contributed by atoms with Crippen molar-refractivity contribution in [1.82, 2.24) is 0 Å². The molecule has 0 saturated heterocycles. The van der Waals surface area contributed by atoms with Gasteiger partial charge in [0.25, 0.3) is 0 Å². The van der Waals surface area contributed by atoms with Crippen molar-refractivity contribution in [3.8, 4) is 0 Å². The molecule has 0 fully saturated rings. The minimum Gasteiger partial charge on any atom is -0.398 e. The van der Waals surface area contributed by atoms with E-state index in [1.807, 2.05) is 0 Å². The molecule has 0 radical (unpaired) electrons. The second-order valence-electron chi connectivity index (χ2n) is 2.73. The first kappa shape index (κ1) is 10.6. The van der Waals surface area contributed by atoms with Gasteiger partial charge in [-0.1, -0.05) is 6.92 Å². The lowest BCUT2D eigenvalue weighted by molar-refractivity contribution is 0.0984. The molecule has 0 bridgehead atoms. The summed E-state index contributed by atoms with van der Waals surface area (Å²) in [7, 11) is 0. The van der Waals surface area contributed by atoms with Gasteiger partial charge in [-0.05, 0) is 0 Å². The van der Waals surface area contributed by atoms with E-state index in [1.165, 1.54) is 6.92 Å². The van der Waals surface area contributed by atoms with Crippen molar-refractivity contribution in [2.24, 2.45) is 0 Å². The molecule has 2 nitrogen and oxygen atoms in total. The zero-order valence-electron chi connectivity index (χ0n) is 7.40. The zero-order valence-corrected chi connectivity index (χ0v) is 7.40. The first-order valence-corrected chi connectivity index (χ1v) is 3.95. The molecule has 5 heteroatoms. The normalized spacial score (nSPS) is 10.3. The number of hydrogen-bond donors (Lipinski definition) is 1. The quantitative estimate of drug-likeness (QED) is 0.455. The lowest BCUT2D eigenvalue weighted by atomic mass is 10.1. The summed E-state index contributed by atoms with van der Waals surface area (Å²) in [5, 5.41) is 0. The molecule has 0 aliphatic rings. The van der Waals surface area contributed by atoms with Crippen LogP contribution < -0.4 is 5.73 Å². The van der Waals surface area contributed by atoms with Crippen molar-refractivity contribution in [3.63, 3.8) is 0 Å². The SMILES string of the molecule is CCC(=O)c1c(N)cc(F)c(F)c1F. The van der Waals surface area contributed by atoms with Crippen LogP contribution in [0.4, 0.5) is 18.9 Å². The Morgan fingerprint density at radius 1 is 1.36 bits per heavy atom. The van der Waals surface area contributed by atoms with Gasteiger partial charge in [-0.15, -0.1) is 0 Å². The number of halogens is 3. The molecule has 76 valence electrons. The number of hydrogen-bond acceptors (Lipinski definition) is 2. The van der Waals surface area contributed by atoms with E-state index in [0.717, 1.165) is 0 Å². The molecule has 0 spiro atoms. The van der Waals surface area contributed by atoms with Gasteiger partial charge in [0, 0.05) is 18.2 Å². The van der Waals surface area contributed by atoms with Crippen LogP contribution in [0.5, 0.6) is 0 Å². The summed E-state index contributed by atoms with van der Waals surface area (Å²) in [4.78, 5) is 11.1. The molecule has 1 aromatic rings. The molecule has 0 aromatic heterocycles. The second-order valence-corrected chi connectivity index (χ2v) is 2.73. The smallest absolute Gasteiger partial charge is 0.195 e. The zero-order chi connectivity index (χ0) is 10.9. The highest BCUT2D eigenvalue weighted by molar-refractivity contribution is 6.00. The molecular weight excluding hydrogens is 195 g/mol. The second kappa shape index (κ2) is 3.69. The van der Waals surface area contributed by atoms with E-state index < -0.39 is 28.8 Å². The first-order chi connectivity index (χ1) is 6.49. The Balaban J connectivity index is 3.44. The monoisotopic (exact) mass is 203 g/mol. The van der Waals surface area contributed by atoms with Gasteiger partial charge in [0.2, 0.25) is 0 Å². The predicted octanol–water partition coefficient (Wildman–Crippen LogP) is 2.28. The van der Waals surface area contributed by atoms with Gasteiger partial charge in [0.05, 0.1) is 5.56 Å². The Labute approximate surface area is 78.5 Å². The molecule has 0 heterocycles. The van der Waals surface area contributed by atoms with Crippen LogP contribution in [0.1, 0.15) is 23.7 Å². The lowest BCUT2D eigenvalue weighted by Gasteiger charge is -2.05. The number of ketones is 1. The molecule has 0 aliphatic carbocycles. The highest BCUT2D eigenvalue weighted by atomic mass is 19.2. The molecule has 2 N–H and O–H groups in total. The summed E-state index contributed by atoms with van der Waals surface area (Å²) in [5.41, 5.74) is 4.24. The van der Waals surface area contributed by atoms with E-state index in [-0.39, 0.29) is 12.1 Å². The molecule has 0 amide bonds. The van der Waals surface area contributed by atoms with Crippen LogP contribution in [0.15, 0.2) is 6.07 Å². The average molecular weight is 203 g/mol. The summed E-state index contributed by atoms with van der Waals surface area (Å²) in [5.74, 6) is -5.24. The Morgan fingerprint density at radius 2 is 1.93 bits per heavy atom. The van der Waals surface area contributed by atoms with Crippen LogP contribution in [0.3, 0.4) is 0 Å². The van der Waals surface area contributed by atoms with E-state index in [1.54, 1.807) is 0 Å². The summed E-state index contributed by atoms with van der Waals surface area (Å²) in [6.45, 7) is 1.47. The fourth-order valence-corrected chi connectivity index (χ4v) is 1.07. The number of carbonyl (C=O) groups excluding carboxylic acids is 1. The first-order valence-electron chi connectivity index (χ1n) is 3.95. The van der Waals surface area contributed by atoms with Gasteiger partial charge in [-0.2, -0.15) is 0 Å². The highest BCUT2D eigenvalue weighted by Gasteiger charge is 2.21. The largest absolute Gasteiger partial charge is 0.398 e. The van der Waals surface area contributed by atoms with Crippen molar-refractivity contribution < 1.29 is 18.0 Å². The van der Waals surface area contributed by atoms with Crippen molar-refractivity contribution in [2.75, 3.05) is 5.73 Å². The Hall–Kier alpha value is -1.52. The van der Waals surface area contributed by atoms with Crippen LogP contribution in [-0.2, 0) is 0 Å². The van der Waals surface area contributed by atoms with E-state index >= 15 is 0 Å². The number of carbonyl (C=O) groups is 1. The third-order valence-electron chi connectivity index (χ3n) is 1.79. The highest BCUT2D eigenvalue weighted by Crippen LogP contribution is 2.23. The fraction of sp³-hybridized carbons (Fsp3) is 0.222. The van der Waals surface area contributed by atoms with Crippen LogP contribution in [-0.4, -0.2) is 5.78 Å². The molecule has 1 rings (SSSR count). The average Bonchev–Trinajstić information content (AvgIpc) is 2.14. The summed E-state index contributed by atoms with van der Waals surface area (Å²) in [6, 6.07) is 0.599. The third-order valence-corrected chi connectivity index (χ3v) is 1.79. The molecule has 14 heavy (non-hydrogen) atoms. The topological polar surface area (TPSA) is 43.1 Å². The van der Waals surface area contributed by atoms with Gasteiger partial charge in [0.1, 0.15) is 0 Å². The standard InChI is InChI=1S/C9H8F3NO/c1-2-6(14)7-5(13)3-4(10)8(11)9(7)12/h3H,2,13H2,1H3. The molecule has 0 atom stereocenters. The van der Waals surface area contributed by atoms with Crippen molar-refractivity contribution in [2.45, 2.75) is 13.3 Å². The maximum atomic E-state index is 13.0. The van der Waals surface area contributed by atoms with E-state index in [2.05, 4.69) is 0 Å². The van der Waals surface area contributed by atoms with Crippen LogP contribution in [0.2, 0.25) is 0 Å². The third kappa shape index (κ3) is 1.57. The van der Waals surface area contributed by atoms with Gasteiger partial charge < -0.3 is 5.73 Å². The predicted molar refractivity (Wildman–Crippen MR) is 45.3 cm³/mol. The van der Waals surface area contributed by atoms with E-state index in [9.17, 15) is 18.0 Å². The molecule has 0 unspecified atom stereocenters. The Kier molecular flexibility index (Phi) is 2.78. The Bertz CT molecular complexity index is 390. The van der Waals surface area contributed by atoms with Gasteiger partial charge >= 0.3 is 0 Å². The van der Waals surface area contributed by atoms with Crippen LogP contribution in [0, 0.1) is 17.5 Å². The summed E-state index contributed by atoms with van der Waals surface area (Å²) >= 11 is 0. The van der Waals surface area contributed by atoms with Crippen molar-refractivity contribution in [3.05, 3.63) is 29.1 Å². The van der Waals surface area contributed by atoms with E-state index in [0.29, 0.717) is 6.07 Å². The fourth-order valence-electron chi connectivity index (χ4n) is 1.07. The van der Waals surface area contributed by atoms with Gasteiger partial charge in [-0.25, -0.2) is 13.2 Å². The molecule has 1 aromatic carbocycles. The molecule has 0 aliphatic heterocycles. The maximum Gasteiger partial charge on any atom is 0.195 e. The van der Waals surface area contributed by atoms with Crippen molar-refractivity contribution >= 4 is 11.5 Å².